The lowest BCUT2D eigenvalue weighted by Crippen LogP contribution is -2.09. The van der Waals surface area contributed by atoms with Gasteiger partial charge in [0.05, 0.1) is 0 Å². The summed E-state index contributed by atoms with van der Waals surface area (Å²) in [7, 11) is 0. The first kappa shape index (κ1) is 6.43. The number of rotatable bonds is 0. The van der Waals surface area contributed by atoms with Gasteiger partial charge < -0.3 is 0 Å². The first-order chi connectivity index (χ1) is 17.9. The predicted octanol–water partition coefficient (Wildman–Crippen LogP) is 7.95. The van der Waals surface area contributed by atoms with Crippen molar-refractivity contribution in [1.82, 2.24) is 0 Å². The van der Waals surface area contributed by atoms with Crippen molar-refractivity contribution >= 4 is 0 Å². The molecule has 4 aliphatic carbocycles. The third-order valence-electron chi connectivity index (χ3n) is 5.12. The summed E-state index contributed by atoms with van der Waals surface area (Å²) in [6, 6.07) is 0. The second-order valence-electron chi connectivity index (χ2n) is 6.83. The normalized spacial score (nSPS) is 53.7. The van der Waals surface area contributed by atoms with Crippen LogP contribution in [0.4, 0.5) is 0 Å². The summed E-state index contributed by atoms with van der Waals surface area (Å²) in [5, 5.41) is 0. The summed E-state index contributed by atoms with van der Waals surface area (Å²) in [4.78, 5) is 0. The molecule has 0 aliphatic heterocycles. The van der Waals surface area contributed by atoms with E-state index in [2.05, 4.69) is 0 Å². The van der Waals surface area contributed by atoms with Crippen molar-refractivity contribution in [2.75, 3.05) is 0 Å². The highest BCUT2D eigenvalue weighted by molar-refractivity contribution is 5.29. The molecule has 0 heterocycles. The van der Waals surface area contributed by atoms with Crippen LogP contribution in [-0.4, -0.2) is 0 Å². The van der Waals surface area contributed by atoms with Crippen LogP contribution in [0.25, 0.3) is 0 Å². The van der Waals surface area contributed by atoms with Crippen LogP contribution in [0.1, 0.15) is 137 Å². The van der Waals surface area contributed by atoms with Crippen LogP contribution < -0.4 is 0 Å². The van der Waals surface area contributed by atoms with E-state index in [9.17, 15) is 0 Å². The van der Waals surface area contributed by atoms with E-state index >= 15 is 0 Å². The van der Waals surface area contributed by atoms with E-state index in [0.717, 1.165) is 12.8 Å². The lowest BCUT2D eigenvalue weighted by atomic mass is 9.77. The zero-order valence-electron chi connectivity index (χ0n) is 30.1. The molecule has 0 saturated heterocycles. The van der Waals surface area contributed by atoms with Gasteiger partial charge in [0.2, 0.25) is 0 Å². The molecule has 0 aromatic rings. The van der Waals surface area contributed by atoms with E-state index in [4.69, 9.17) is 21.9 Å². The minimum absolute atomic E-state index is 0.232. The smallest absolute Gasteiger partial charge is 0.0316 e. The molecule has 24 heavy (non-hydrogen) atoms. The molecule has 4 fully saturated rings. The van der Waals surface area contributed by atoms with Crippen LogP contribution in [-0.2, 0) is 0 Å². The lowest BCUT2D eigenvalue weighted by molar-refractivity contribution is 0.566. The molecule has 0 nitrogen and oxygen atoms in total. The molecule has 0 amide bonds. The molecular formula is C24H36. The molecule has 0 heteroatoms. The first-order valence-corrected chi connectivity index (χ1v) is 9.16. The van der Waals surface area contributed by atoms with Crippen molar-refractivity contribution in [2.24, 2.45) is 0 Å². The molecule has 0 unspecified atom stereocenters. The Bertz CT molecular complexity index is 997. The Hall–Kier alpha value is -0.780. The largest absolute Gasteiger partial charge is 0.0710 e. The second-order valence-corrected chi connectivity index (χ2v) is 6.83. The van der Waals surface area contributed by atoms with Gasteiger partial charge in [-0.25, -0.2) is 0 Å². The number of hydrogen-bond acceptors (Lipinski definition) is 0. The molecule has 0 radical (unpaired) electrons. The Morgan fingerprint density at radius 3 is 0.875 bits per heavy atom. The lowest BCUT2D eigenvalue weighted by Gasteiger charge is -2.29. The topological polar surface area (TPSA) is 0 Å². The fourth-order valence-corrected chi connectivity index (χ4v) is 3.69. The molecule has 0 atom stereocenters. The summed E-state index contributed by atoms with van der Waals surface area (Å²) >= 11 is 0. The standard InChI is InChI=1S/C24H36/c1-3-7-19(8-4-1)21-11-15-23(16-12-21)24-17-13-22(14-18-24)20-9-5-2-6-10-20/h1-18H2/i11D2,12D2,13D2,14D2,15D2,16D2,17D2,18D2. The van der Waals surface area contributed by atoms with Crippen LogP contribution in [0.5, 0.6) is 0 Å². The average Bonchev–Trinajstić information content (AvgIpc) is 2.81. The van der Waals surface area contributed by atoms with Crippen LogP contribution in [0.15, 0.2) is 33.4 Å². The van der Waals surface area contributed by atoms with Gasteiger partial charge in [0.25, 0.3) is 0 Å². The van der Waals surface area contributed by atoms with E-state index < -0.39 is 73.3 Å². The van der Waals surface area contributed by atoms with E-state index in [1.54, 1.807) is 0 Å². The Morgan fingerprint density at radius 2 is 0.583 bits per heavy atom. The highest BCUT2D eigenvalue weighted by atomic mass is 14.3. The van der Waals surface area contributed by atoms with Crippen molar-refractivity contribution in [3.63, 3.8) is 0 Å². The van der Waals surface area contributed by atoms with Crippen molar-refractivity contribution in [2.45, 2.75) is 115 Å². The van der Waals surface area contributed by atoms with Gasteiger partial charge in [-0.3, -0.25) is 0 Å². The van der Waals surface area contributed by atoms with Gasteiger partial charge in [-0.15, -0.1) is 0 Å². The maximum Gasteiger partial charge on any atom is 0.0316 e. The molecule has 4 rings (SSSR count). The van der Waals surface area contributed by atoms with Gasteiger partial charge in [0.1, 0.15) is 0 Å². The van der Waals surface area contributed by atoms with Crippen LogP contribution in [0, 0.1) is 0 Å². The summed E-state index contributed by atoms with van der Waals surface area (Å²) < 4.78 is 141. The molecule has 0 spiro atoms. The van der Waals surface area contributed by atoms with Crippen LogP contribution >= 0.6 is 0 Å². The van der Waals surface area contributed by atoms with E-state index in [-0.39, 0.29) is 36.8 Å². The Kier molecular flexibility index (Phi) is 2.16. The van der Waals surface area contributed by atoms with E-state index in [0.29, 0.717) is 25.7 Å². The van der Waals surface area contributed by atoms with Gasteiger partial charge in [0.15, 0.2) is 0 Å². The molecule has 4 aliphatic rings. The molecule has 0 N–H and O–H groups in total. The highest BCUT2D eigenvalue weighted by Crippen LogP contribution is 2.41. The minimum Gasteiger partial charge on any atom is -0.0710 e. The van der Waals surface area contributed by atoms with Crippen LogP contribution in [0.3, 0.4) is 0 Å². The van der Waals surface area contributed by atoms with Gasteiger partial charge in [0, 0.05) is 21.9 Å². The fraction of sp³-hybridized carbons (Fsp3) is 0.750. The van der Waals surface area contributed by atoms with Gasteiger partial charge >= 0.3 is 0 Å². The minimum atomic E-state index is -3.54. The average molecular weight is 341 g/mol. The third kappa shape index (κ3) is 3.89. The van der Waals surface area contributed by atoms with E-state index in [1.807, 2.05) is 0 Å². The summed E-state index contributed by atoms with van der Waals surface area (Å²) in [6.45, 7) is 0. The summed E-state index contributed by atoms with van der Waals surface area (Å²) in [6.07, 6.45) is -22.4. The van der Waals surface area contributed by atoms with Gasteiger partial charge in [-0.1, -0.05) is 46.3 Å². The van der Waals surface area contributed by atoms with Gasteiger partial charge in [-0.05, 0) is 102 Å². The van der Waals surface area contributed by atoms with Crippen LogP contribution in [0.2, 0.25) is 0 Å². The van der Waals surface area contributed by atoms with Gasteiger partial charge in [-0.2, -0.15) is 0 Å². The second kappa shape index (κ2) is 8.07. The fourth-order valence-electron chi connectivity index (χ4n) is 3.69. The zero-order chi connectivity index (χ0) is 30.5. The molecule has 4 saturated carbocycles. The maximum absolute atomic E-state index is 8.86. The van der Waals surface area contributed by atoms with E-state index in [1.165, 1.54) is 0 Å². The Labute approximate surface area is 172 Å². The maximum atomic E-state index is 8.86. The Balaban J connectivity index is 2.13. The Morgan fingerprint density at radius 1 is 0.333 bits per heavy atom. The molecule has 0 bridgehead atoms. The summed E-state index contributed by atoms with van der Waals surface area (Å²) in [5.41, 5.74) is -4.03. The zero-order valence-corrected chi connectivity index (χ0v) is 14.1. The first-order valence-electron chi connectivity index (χ1n) is 17.2. The number of hydrogen-bond donors (Lipinski definition) is 0. The molecule has 132 valence electrons. The monoisotopic (exact) mass is 340 g/mol. The highest BCUT2D eigenvalue weighted by Gasteiger charge is 2.21. The van der Waals surface area contributed by atoms with Crippen molar-refractivity contribution in [3.05, 3.63) is 33.4 Å². The van der Waals surface area contributed by atoms with Crippen molar-refractivity contribution in [1.29, 1.82) is 0 Å². The van der Waals surface area contributed by atoms with Crippen molar-refractivity contribution < 1.29 is 21.9 Å². The summed E-state index contributed by atoms with van der Waals surface area (Å²) in [5.74, 6) is 0. The molecule has 0 aromatic carbocycles. The molecular weight excluding hydrogens is 288 g/mol. The SMILES string of the molecule is [2H]C1([2H])C(=C2CCCCC2)C([2H])([2H])C([2H])([2H])C(=C2C([2H])([2H])C([2H])([2H])C(=C3CCCCC3)C([2H])([2H])C2([2H])[2H])C1([2H])[2H]. The molecule has 0 aromatic heterocycles. The predicted molar refractivity (Wildman–Crippen MR) is 104 cm³/mol. The van der Waals surface area contributed by atoms with Crippen molar-refractivity contribution in [3.8, 4) is 0 Å². The number of allylic oxidation sites excluding steroid dienone is 6. The quantitative estimate of drug-likeness (QED) is 0.392. The third-order valence-corrected chi connectivity index (χ3v) is 5.12.